The monoisotopic (exact) mass is 422 g/mol. The van der Waals surface area contributed by atoms with Gasteiger partial charge in [-0.3, -0.25) is 4.79 Å². The first kappa shape index (κ1) is 19.8. The van der Waals surface area contributed by atoms with Crippen LogP contribution in [0.4, 0.5) is 11.4 Å². The lowest BCUT2D eigenvalue weighted by Gasteiger charge is -2.31. The molecule has 1 fully saturated rings. The highest BCUT2D eigenvalue weighted by molar-refractivity contribution is 6.05. The maximum atomic E-state index is 13.0. The number of carbonyl (C=O) groups is 1. The number of rotatable bonds is 3. The second-order valence-corrected chi connectivity index (χ2v) is 7.46. The van der Waals surface area contributed by atoms with Gasteiger partial charge in [0.2, 0.25) is 0 Å². The van der Waals surface area contributed by atoms with Crippen LogP contribution in [0.5, 0.6) is 0 Å². The molecule has 2 aromatic heterocycles. The maximum absolute atomic E-state index is 13.0. The second-order valence-electron chi connectivity index (χ2n) is 7.46. The lowest BCUT2D eigenvalue weighted by Crippen LogP contribution is -2.43. The molecule has 3 heterocycles. The van der Waals surface area contributed by atoms with Gasteiger partial charge in [-0.2, -0.15) is 5.10 Å². The minimum Gasteiger partial charge on any atom is -0.367 e. The van der Waals surface area contributed by atoms with Crippen LogP contribution in [0.15, 0.2) is 73.1 Å². The standard InChI is InChI=1S/C25H22N6O/c32-25(29-21-8-4-5-9-23(21)30-16-13-26-14-17-30)22-12-15-31-24(28-22)20(18-27-31)11-10-19-6-2-1-3-7-19/h1-9,12,15,18,26H,13-14,16-17H2,(H,29,32). The van der Waals surface area contributed by atoms with E-state index in [9.17, 15) is 4.79 Å². The number of carbonyl (C=O) groups excluding carboxylic acids is 1. The molecule has 1 saturated heterocycles. The fourth-order valence-electron chi connectivity index (χ4n) is 3.69. The molecule has 0 aliphatic carbocycles. The van der Waals surface area contributed by atoms with Gasteiger partial charge < -0.3 is 15.5 Å². The van der Waals surface area contributed by atoms with E-state index in [0.717, 1.165) is 43.1 Å². The zero-order valence-corrected chi connectivity index (χ0v) is 17.5. The van der Waals surface area contributed by atoms with Gasteiger partial charge in [0.1, 0.15) is 5.69 Å². The first-order chi connectivity index (χ1) is 15.8. The van der Waals surface area contributed by atoms with Crippen LogP contribution in [0, 0.1) is 11.8 Å². The first-order valence-corrected chi connectivity index (χ1v) is 10.6. The van der Waals surface area contributed by atoms with Gasteiger partial charge in [-0.1, -0.05) is 42.2 Å². The summed E-state index contributed by atoms with van der Waals surface area (Å²) in [5, 5.41) is 10.7. The molecule has 0 spiro atoms. The van der Waals surface area contributed by atoms with Crippen LogP contribution in [0.2, 0.25) is 0 Å². The minimum absolute atomic E-state index is 0.266. The molecule has 7 heteroatoms. The van der Waals surface area contributed by atoms with Crippen LogP contribution in [-0.2, 0) is 0 Å². The number of aromatic nitrogens is 3. The Morgan fingerprint density at radius 3 is 2.59 bits per heavy atom. The smallest absolute Gasteiger partial charge is 0.274 e. The molecule has 7 nitrogen and oxygen atoms in total. The average molecular weight is 422 g/mol. The molecule has 0 radical (unpaired) electrons. The van der Waals surface area contributed by atoms with E-state index in [2.05, 4.69) is 37.5 Å². The van der Waals surface area contributed by atoms with Crippen molar-refractivity contribution in [3.05, 3.63) is 89.9 Å². The van der Waals surface area contributed by atoms with Gasteiger partial charge in [-0.05, 0) is 30.3 Å². The number of amides is 1. The Kier molecular flexibility index (Phi) is 5.52. The topological polar surface area (TPSA) is 74.6 Å². The largest absolute Gasteiger partial charge is 0.367 e. The van der Waals surface area contributed by atoms with E-state index in [1.165, 1.54) is 0 Å². The van der Waals surface area contributed by atoms with Crippen molar-refractivity contribution >= 4 is 22.9 Å². The van der Waals surface area contributed by atoms with Crippen molar-refractivity contribution in [3.63, 3.8) is 0 Å². The summed E-state index contributed by atoms with van der Waals surface area (Å²) in [5.41, 5.74) is 4.24. The van der Waals surface area contributed by atoms with E-state index in [-0.39, 0.29) is 5.91 Å². The summed E-state index contributed by atoms with van der Waals surface area (Å²) in [5.74, 6) is 5.96. The van der Waals surface area contributed by atoms with Gasteiger partial charge in [-0.25, -0.2) is 9.50 Å². The molecular formula is C25H22N6O. The van der Waals surface area contributed by atoms with E-state index in [1.807, 2.05) is 54.6 Å². The summed E-state index contributed by atoms with van der Waals surface area (Å²) in [7, 11) is 0. The molecule has 0 unspecified atom stereocenters. The van der Waals surface area contributed by atoms with Crippen molar-refractivity contribution in [3.8, 4) is 11.8 Å². The number of piperazine rings is 1. The summed E-state index contributed by atoms with van der Waals surface area (Å²) in [6, 6.07) is 19.3. The predicted molar refractivity (Wildman–Crippen MR) is 125 cm³/mol. The first-order valence-electron chi connectivity index (χ1n) is 10.6. The molecule has 2 N–H and O–H groups in total. The van der Waals surface area contributed by atoms with Crippen LogP contribution in [0.25, 0.3) is 5.65 Å². The summed E-state index contributed by atoms with van der Waals surface area (Å²) in [6.45, 7) is 3.65. The quantitative estimate of drug-likeness (QED) is 0.497. The van der Waals surface area contributed by atoms with E-state index >= 15 is 0 Å². The van der Waals surface area contributed by atoms with E-state index in [1.54, 1.807) is 23.0 Å². The Labute approximate surface area is 186 Å². The highest BCUT2D eigenvalue weighted by Gasteiger charge is 2.17. The Hall–Kier alpha value is -4.15. The molecule has 0 saturated carbocycles. The van der Waals surface area contributed by atoms with Gasteiger partial charge in [-0.15, -0.1) is 0 Å². The fraction of sp³-hybridized carbons (Fsp3) is 0.160. The molecule has 0 bridgehead atoms. The van der Waals surface area contributed by atoms with Gasteiger partial charge in [0.25, 0.3) is 5.91 Å². The van der Waals surface area contributed by atoms with Crippen molar-refractivity contribution < 1.29 is 4.79 Å². The number of nitrogens with zero attached hydrogens (tertiary/aromatic N) is 4. The van der Waals surface area contributed by atoms with Crippen molar-refractivity contribution in [2.45, 2.75) is 0 Å². The normalized spacial score (nSPS) is 13.4. The van der Waals surface area contributed by atoms with Gasteiger partial charge in [0, 0.05) is 37.9 Å². The zero-order chi connectivity index (χ0) is 21.8. The SMILES string of the molecule is O=C(Nc1ccccc1N1CCNCC1)c1ccn2ncc(C#Cc3ccccc3)c2n1. The molecular weight excluding hydrogens is 400 g/mol. The van der Waals surface area contributed by atoms with Gasteiger partial charge >= 0.3 is 0 Å². The fourth-order valence-corrected chi connectivity index (χ4v) is 3.69. The predicted octanol–water partition coefficient (Wildman–Crippen LogP) is 2.79. The zero-order valence-electron chi connectivity index (χ0n) is 17.5. The Balaban J connectivity index is 1.41. The number of hydrogen-bond acceptors (Lipinski definition) is 5. The van der Waals surface area contributed by atoms with Crippen LogP contribution in [0.3, 0.4) is 0 Å². The lowest BCUT2D eigenvalue weighted by molar-refractivity contribution is 0.102. The van der Waals surface area contributed by atoms with Crippen LogP contribution in [-0.4, -0.2) is 46.7 Å². The van der Waals surface area contributed by atoms with Crippen molar-refractivity contribution in [2.24, 2.45) is 0 Å². The van der Waals surface area contributed by atoms with Crippen molar-refractivity contribution in [1.82, 2.24) is 19.9 Å². The number of para-hydroxylation sites is 2. The van der Waals surface area contributed by atoms with Crippen LogP contribution >= 0.6 is 0 Å². The Morgan fingerprint density at radius 2 is 1.75 bits per heavy atom. The third kappa shape index (κ3) is 4.17. The Bertz CT molecular complexity index is 1310. The lowest BCUT2D eigenvalue weighted by atomic mass is 10.2. The maximum Gasteiger partial charge on any atom is 0.274 e. The average Bonchev–Trinajstić information content (AvgIpc) is 3.26. The molecule has 32 heavy (non-hydrogen) atoms. The Morgan fingerprint density at radius 1 is 0.969 bits per heavy atom. The molecule has 4 aromatic rings. The molecule has 158 valence electrons. The summed E-state index contributed by atoms with van der Waals surface area (Å²) in [4.78, 5) is 19.9. The van der Waals surface area contributed by atoms with Crippen molar-refractivity contribution in [2.75, 3.05) is 36.4 Å². The highest BCUT2D eigenvalue weighted by Crippen LogP contribution is 2.26. The third-order valence-corrected chi connectivity index (χ3v) is 5.33. The second kappa shape index (κ2) is 8.92. The van der Waals surface area contributed by atoms with Crippen LogP contribution < -0.4 is 15.5 Å². The van der Waals surface area contributed by atoms with Crippen molar-refractivity contribution in [1.29, 1.82) is 0 Å². The van der Waals surface area contributed by atoms with Crippen LogP contribution in [0.1, 0.15) is 21.6 Å². The number of hydrogen-bond donors (Lipinski definition) is 2. The van der Waals surface area contributed by atoms with E-state index < -0.39 is 0 Å². The van der Waals surface area contributed by atoms with Gasteiger partial charge in [0.05, 0.1) is 23.1 Å². The number of anilines is 2. The summed E-state index contributed by atoms with van der Waals surface area (Å²) < 4.78 is 1.63. The number of benzene rings is 2. The number of fused-ring (bicyclic) bond motifs is 1. The molecule has 1 amide bonds. The number of nitrogens with one attached hydrogen (secondary N) is 2. The molecule has 5 rings (SSSR count). The van der Waals surface area contributed by atoms with E-state index in [0.29, 0.717) is 16.9 Å². The highest BCUT2D eigenvalue weighted by atomic mass is 16.1. The molecule has 1 aliphatic heterocycles. The molecule has 0 atom stereocenters. The van der Waals surface area contributed by atoms with E-state index in [4.69, 9.17) is 0 Å². The van der Waals surface area contributed by atoms with Gasteiger partial charge in [0.15, 0.2) is 5.65 Å². The summed E-state index contributed by atoms with van der Waals surface area (Å²) in [6.07, 6.45) is 3.40. The third-order valence-electron chi connectivity index (χ3n) is 5.33. The summed E-state index contributed by atoms with van der Waals surface area (Å²) >= 11 is 0. The molecule has 2 aromatic carbocycles. The minimum atomic E-state index is -0.266. The molecule has 1 aliphatic rings.